The number of ether oxygens (including phenoxy) is 1. The zero-order valence-electron chi connectivity index (χ0n) is 15.4. The Hall–Kier alpha value is -2.97. The topological polar surface area (TPSA) is 55.3 Å². The highest BCUT2D eigenvalue weighted by Gasteiger charge is 2.36. The third-order valence-corrected chi connectivity index (χ3v) is 4.81. The predicted octanol–water partition coefficient (Wildman–Crippen LogP) is 3.66. The quantitative estimate of drug-likeness (QED) is 0.540. The van der Waals surface area contributed by atoms with Crippen LogP contribution in [0.3, 0.4) is 0 Å². The van der Waals surface area contributed by atoms with E-state index in [-0.39, 0.29) is 17.8 Å². The summed E-state index contributed by atoms with van der Waals surface area (Å²) in [7, 11) is 0. The van der Waals surface area contributed by atoms with Crippen molar-refractivity contribution in [3.05, 3.63) is 66.3 Å². The number of nitrogens with zero attached hydrogens (tertiary/aromatic N) is 3. The summed E-state index contributed by atoms with van der Waals surface area (Å²) in [5.74, 6) is -0.920. The molecule has 2 heterocycles. The molecule has 1 aliphatic rings. The fourth-order valence-electron chi connectivity index (χ4n) is 3.27. The van der Waals surface area contributed by atoms with E-state index in [1.807, 2.05) is 0 Å². The molecule has 2 atom stereocenters. The molecule has 0 bridgehead atoms. The normalized spacial score (nSPS) is 19.2. The van der Waals surface area contributed by atoms with E-state index in [9.17, 15) is 22.4 Å². The third kappa shape index (κ3) is 5.30. The molecular formula is C20H19F4N3O2. The zero-order chi connectivity index (χ0) is 21.0. The number of rotatable bonds is 6. The van der Waals surface area contributed by atoms with Crippen LogP contribution in [0.4, 0.5) is 17.6 Å². The lowest BCUT2D eigenvalue weighted by Gasteiger charge is -2.18. The van der Waals surface area contributed by atoms with E-state index in [0.29, 0.717) is 25.9 Å². The maximum absolute atomic E-state index is 13.0. The van der Waals surface area contributed by atoms with Crippen molar-refractivity contribution >= 4 is 5.91 Å². The van der Waals surface area contributed by atoms with Crippen molar-refractivity contribution in [2.24, 2.45) is 5.92 Å². The Bertz CT molecular complexity index is 854. The number of halogens is 4. The summed E-state index contributed by atoms with van der Waals surface area (Å²) < 4.78 is 56.8. The number of hydrogen-bond donors (Lipinski definition) is 0. The second-order valence-corrected chi connectivity index (χ2v) is 6.78. The molecule has 0 aliphatic carbocycles. The predicted molar refractivity (Wildman–Crippen MR) is 96.4 cm³/mol. The molecule has 1 saturated heterocycles. The van der Waals surface area contributed by atoms with E-state index in [0.717, 1.165) is 30.1 Å². The number of carbonyl (C=O) groups is 1. The van der Waals surface area contributed by atoms with Gasteiger partial charge in [-0.05, 0) is 36.6 Å². The van der Waals surface area contributed by atoms with Crippen LogP contribution >= 0.6 is 0 Å². The van der Waals surface area contributed by atoms with E-state index in [4.69, 9.17) is 4.74 Å². The van der Waals surface area contributed by atoms with E-state index >= 15 is 0 Å². The maximum atomic E-state index is 13.0. The van der Waals surface area contributed by atoms with E-state index in [1.165, 1.54) is 18.2 Å². The van der Waals surface area contributed by atoms with Crippen LogP contribution in [-0.4, -0.2) is 40.0 Å². The molecule has 3 rings (SSSR count). The standard InChI is InChI=1S/C20H19F4N3O2/c1-2-18(28)27-11-14(17(12-27)29-19-25-9-16(21)10-26-19)6-3-13-4-7-15(8-5-13)20(22,23)24/h2,4-5,7-10,14,17H,1,3,6,11-12H2/t14-,17-/m1/s1. The van der Waals surface area contributed by atoms with Crippen molar-refractivity contribution in [3.8, 4) is 6.01 Å². The van der Waals surface area contributed by atoms with Crippen LogP contribution in [0.5, 0.6) is 6.01 Å². The summed E-state index contributed by atoms with van der Waals surface area (Å²) in [6, 6.07) is 5.01. The lowest BCUT2D eigenvalue weighted by Crippen LogP contribution is -2.30. The van der Waals surface area contributed by atoms with Crippen LogP contribution in [-0.2, 0) is 17.4 Å². The Kier molecular flexibility index (Phi) is 6.14. The molecule has 1 aromatic heterocycles. The largest absolute Gasteiger partial charge is 0.458 e. The average molecular weight is 409 g/mol. The summed E-state index contributed by atoms with van der Waals surface area (Å²) in [5.41, 5.74) is 0.0582. The minimum absolute atomic E-state index is 0.00355. The van der Waals surface area contributed by atoms with Gasteiger partial charge in [0.05, 0.1) is 24.5 Å². The fourth-order valence-corrected chi connectivity index (χ4v) is 3.27. The third-order valence-electron chi connectivity index (χ3n) is 4.81. The summed E-state index contributed by atoms with van der Waals surface area (Å²) in [5, 5.41) is 0. The SMILES string of the molecule is C=CC(=O)N1C[C@@H](CCc2ccc(C(F)(F)F)cc2)[C@H](Oc2ncc(F)cn2)C1. The van der Waals surface area contributed by atoms with Crippen molar-refractivity contribution in [1.29, 1.82) is 0 Å². The van der Waals surface area contributed by atoms with E-state index in [2.05, 4.69) is 16.5 Å². The van der Waals surface area contributed by atoms with Crippen LogP contribution in [0.25, 0.3) is 0 Å². The first-order chi connectivity index (χ1) is 13.8. The Morgan fingerprint density at radius 2 is 1.86 bits per heavy atom. The number of benzene rings is 1. The smallest absolute Gasteiger partial charge is 0.416 e. The highest BCUT2D eigenvalue weighted by molar-refractivity contribution is 5.87. The summed E-state index contributed by atoms with van der Waals surface area (Å²) in [6.45, 7) is 4.19. The molecule has 1 aliphatic heterocycles. The summed E-state index contributed by atoms with van der Waals surface area (Å²) in [4.78, 5) is 21.1. The minimum Gasteiger partial charge on any atom is -0.458 e. The molecule has 0 unspecified atom stereocenters. The van der Waals surface area contributed by atoms with Gasteiger partial charge in [0.25, 0.3) is 0 Å². The van der Waals surface area contributed by atoms with Gasteiger partial charge in [-0.3, -0.25) is 4.79 Å². The average Bonchev–Trinajstić information content (AvgIpc) is 3.10. The molecule has 0 saturated carbocycles. The number of likely N-dealkylation sites (tertiary alicyclic amines) is 1. The maximum Gasteiger partial charge on any atom is 0.416 e. The molecule has 29 heavy (non-hydrogen) atoms. The Labute approximate surface area is 165 Å². The van der Waals surface area contributed by atoms with Gasteiger partial charge >= 0.3 is 12.2 Å². The molecular weight excluding hydrogens is 390 g/mol. The van der Waals surface area contributed by atoms with Crippen LogP contribution in [0, 0.1) is 11.7 Å². The van der Waals surface area contributed by atoms with Crippen molar-refractivity contribution < 1.29 is 27.1 Å². The number of aryl methyl sites for hydroxylation is 1. The first-order valence-corrected chi connectivity index (χ1v) is 8.98. The Balaban J connectivity index is 1.67. The van der Waals surface area contributed by atoms with Gasteiger partial charge in [0.15, 0.2) is 5.82 Å². The Morgan fingerprint density at radius 1 is 1.21 bits per heavy atom. The minimum atomic E-state index is -4.37. The second-order valence-electron chi connectivity index (χ2n) is 6.78. The van der Waals surface area contributed by atoms with Gasteiger partial charge in [0.2, 0.25) is 5.91 Å². The van der Waals surface area contributed by atoms with Gasteiger partial charge in [0, 0.05) is 12.5 Å². The molecule has 154 valence electrons. The molecule has 5 nitrogen and oxygen atoms in total. The lowest BCUT2D eigenvalue weighted by atomic mass is 9.96. The van der Waals surface area contributed by atoms with Gasteiger partial charge in [-0.2, -0.15) is 13.2 Å². The first-order valence-electron chi connectivity index (χ1n) is 8.98. The van der Waals surface area contributed by atoms with E-state index < -0.39 is 23.7 Å². The number of amides is 1. The van der Waals surface area contributed by atoms with Crippen LogP contribution in [0.1, 0.15) is 17.5 Å². The monoisotopic (exact) mass is 409 g/mol. The molecule has 1 fully saturated rings. The molecule has 2 aromatic rings. The van der Waals surface area contributed by atoms with Crippen LogP contribution in [0.15, 0.2) is 49.3 Å². The lowest BCUT2D eigenvalue weighted by molar-refractivity contribution is -0.137. The van der Waals surface area contributed by atoms with Crippen molar-refractivity contribution in [1.82, 2.24) is 14.9 Å². The molecule has 0 radical (unpaired) electrons. The number of carbonyl (C=O) groups excluding carboxylic acids is 1. The fraction of sp³-hybridized carbons (Fsp3) is 0.350. The van der Waals surface area contributed by atoms with Crippen LogP contribution < -0.4 is 4.74 Å². The second kappa shape index (κ2) is 8.59. The van der Waals surface area contributed by atoms with Gasteiger partial charge in [-0.1, -0.05) is 18.7 Å². The summed E-state index contributed by atoms with van der Waals surface area (Å²) in [6.07, 6.45) is -0.504. The molecule has 0 N–H and O–H groups in total. The first kappa shape index (κ1) is 20.8. The van der Waals surface area contributed by atoms with Gasteiger partial charge in [-0.25, -0.2) is 14.4 Å². The molecule has 0 spiro atoms. The molecule has 1 amide bonds. The Morgan fingerprint density at radius 3 is 2.45 bits per heavy atom. The highest BCUT2D eigenvalue weighted by Crippen LogP contribution is 2.30. The number of hydrogen-bond acceptors (Lipinski definition) is 4. The van der Waals surface area contributed by atoms with Gasteiger partial charge in [0.1, 0.15) is 6.10 Å². The highest BCUT2D eigenvalue weighted by atomic mass is 19.4. The number of aromatic nitrogens is 2. The van der Waals surface area contributed by atoms with Gasteiger partial charge < -0.3 is 9.64 Å². The van der Waals surface area contributed by atoms with Crippen LogP contribution in [0.2, 0.25) is 0 Å². The van der Waals surface area contributed by atoms with Crippen molar-refractivity contribution in [2.75, 3.05) is 13.1 Å². The van der Waals surface area contributed by atoms with Crippen molar-refractivity contribution in [2.45, 2.75) is 25.1 Å². The van der Waals surface area contributed by atoms with E-state index in [1.54, 1.807) is 4.90 Å². The van der Waals surface area contributed by atoms with Gasteiger partial charge in [-0.15, -0.1) is 0 Å². The molecule has 9 heteroatoms. The zero-order valence-corrected chi connectivity index (χ0v) is 15.4. The number of alkyl halides is 3. The summed E-state index contributed by atoms with van der Waals surface area (Å²) >= 11 is 0. The van der Waals surface area contributed by atoms with Crippen molar-refractivity contribution in [3.63, 3.8) is 0 Å². The molecule has 1 aromatic carbocycles.